The predicted molar refractivity (Wildman–Crippen MR) is 123 cm³/mol. The van der Waals surface area contributed by atoms with Crippen LogP contribution in [-0.4, -0.2) is 37.3 Å². The van der Waals surface area contributed by atoms with E-state index in [0.29, 0.717) is 5.69 Å². The van der Waals surface area contributed by atoms with Crippen molar-refractivity contribution >= 4 is 17.7 Å². The van der Waals surface area contributed by atoms with Crippen LogP contribution < -0.4 is 5.32 Å². The van der Waals surface area contributed by atoms with Crippen molar-refractivity contribution in [3.63, 3.8) is 0 Å². The summed E-state index contributed by atoms with van der Waals surface area (Å²) in [4.78, 5) is 30.0. The van der Waals surface area contributed by atoms with Crippen LogP contribution in [0.3, 0.4) is 0 Å². The quantitative estimate of drug-likeness (QED) is 0.527. The lowest BCUT2D eigenvalue weighted by Gasteiger charge is -2.21. The van der Waals surface area contributed by atoms with Gasteiger partial charge in [-0.25, -0.2) is 4.79 Å². The lowest BCUT2D eigenvalue weighted by molar-refractivity contribution is -0.125. The summed E-state index contributed by atoms with van der Waals surface area (Å²) in [5.74, 6) is -0.239. The SMILES string of the molecule is CON(CCC(=O)Nc1ccc(C)cc1)C(=O)OCC1c2ccccc2-c2ccccc21. The Kier molecular flexibility index (Phi) is 6.52. The molecule has 3 aromatic carbocycles. The van der Waals surface area contributed by atoms with Crippen molar-refractivity contribution in [1.82, 2.24) is 5.06 Å². The van der Waals surface area contributed by atoms with E-state index in [1.807, 2.05) is 55.5 Å². The molecule has 4 rings (SSSR count). The number of aryl methyl sites for hydroxylation is 1. The smallest absolute Gasteiger partial charge is 0.433 e. The summed E-state index contributed by atoms with van der Waals surface area (Å²) in [5, 5.41) is 3.88. The fraction of sp³-hybridized carbons (Fsp3) is 0.231. The molecule has 1 aliphatic carbocycles. The highest BCUT2D eigenvalue weighted by Gasteiger charge is 2.29. The van der Waals surface area contributed by atoms with Crippen LogP contribution in [0.4, 0.5) is 10.5 Å². The van der Waals surface area contributed by atoms with Crippen LogP contribution in [0.5, 0.6) is 0 Å². The number of benzene rings is 3. The van der Waals surface area contributed by atoms with Gasteiger partial charge in [-0.15, -0.1) is 0 Å². The van der Waals surface area contributed by atoms with E-state index in [4.69, 9.17) is 9.57 Å². The Bertz CT molecular complexity index is 1070. The van der Waals surface area contributed by atoms with Gasteiger partial charge in [0.1, 0.15) is 6.61 Å². The number of nitrogens with zero attached hydrogens (tertiary/aromatic N) is 1. The Hall–Kier alpha value is -3.64. The number of rotatable bonds is 7. The third-order valence-corrected chi connectivity index (χ3v) is 5.64. The highest BCUT2D eigenvalue weighted by atomic mass is 16.7. The minimum absolute atomic E-state index is 0.0325. The Labute approximate surface area is 187 Å². The second-order valence-corrected chi connectivity index (χ2v) is 7.75. The minimum Gasteiger partial charge on any atom is -0.447 e. The van der Waals surface area contributed by atoms with Crippen LogP contribution in [0, 0.1) is 6.92 Å². The fourth-order valence-corrected chi connectivity index (χ4v) is 3.99. The first kappa shape index (κ1) is 21.6. The Morgan fingerprint density at radius 1 is 0.906 bits per heavy atom. The summed E-state index contributed by atoms with van der Waals surface area (Å²) in [7, 11) is 1.39. The van der Waals surface area contributed by atoms with Gasteiger partial charge in [-0.3, -0.25) is 9.63 Å². The molecule has 1 aliphatic rings. The molecule has 0 bridgehead atoms. The average Bonchev–Trinajstić information content (AvgIpc) is 3.13. The molecule has 0 atom stereocenters. The van der Waals surface area contributed by atoms with Gasteiger partial charge in [-0.1, -0.05) is 66.2 Å². The third kappa shape index (κ3) is 4.65. The molecule has 0 aromatic heterocycles. The average molecular weight is 431 g/mol. The van der Waals surface area contributed by atoms with Crippen molar-refractivity contribution in [1.29, 1.82) is 0 Å². The van der Waals surface area contributed by atoms with Crippen molar-refractivity contribution in [3.05, 3.63) is 89.5 Å². The number of ether oxygens (including phenoxy) is 1. The molecule has 6 nitrogen and oxygen atoms in total. The van der Waals surface area contributed by atoms with Crippen molar-refractivity contribution in [2.45, 2.75) is 19.3 Å². The molecule has 0 radical (unpaired) electrons. The van der Waals surface area contributed by atoms with Crippen LogP contribution in [-0.2, 0) is 14.4 Å². The highest BCUT2D eigenvalue weighted by Crippen LogP contribution is 2.44. The predicted octanol–water partition coefficient (Wildman–Crippen LogP) is 5.14. The third-order valence-electron chi connectivity index (χ3n) is 5.64. The van der Waals surface area contributed by atoms with Gasteiger partial charge in [-0.2, -0.15) is 5.06 Å². The maximum atomic E-state index is 12.6. The molecule has 0 saturated carbocycles. The van der Waals surface area contributed by atoms with Gasteiger partial charge in [0, 0.05) is 18.0 Å². The molecule has 0 unspecified atom stereocenters. The molecule has 3 aromatic rings. The normalized spacial score (nSPS) is 12.1. The molecule has 0 heterocycles. The first-order valence-corrected chi connectivity index (χ1v) is 10.6. The maximum Gasteiger partial charge on any atom is 0.433 e. The summed E-state index contributed by atoms with van der Waals surface area (Å²) >= 11 is 0. The topological polar surface area (TPSA) is 67.9 Å². The molecule has 0 aliphatic heterocycles. The van der Waals surface area contributed by atoms with Gasteiger partial charge in [0.15, 0.2) is 0 Å². The minimum atomic E-state index is -0.613. The molecule has 1 N–H and O–H groups in total. The van der Waals surface area contributed by atoms with Gasteiger partial charge in [0.05, 0.1) is 13.7 Å². The Morgan fingerprint density at radius 3 is 2.09 bits per heavy atom. The van der Waals surface area contributed by atoms with Crippen LogP contribution in [0.15, 0.2) is 72.8 Å². The maximum absolute atomic E-state index is 12.6. The zero-order chi connectivity index (χ0) is 22.5. The van der Waals surface area contributed by atoms with E-state index < -0.39 is 6.09 Å². The summed E-state index contributed by atoms with van der Waals surface area (Å²) in [6, 6.07) is 23.8. The number of nitrogens with one attached hydrogen (secondary N) is 1. The largest absolute Gasteiger partial charge is 0.447 e. The number of fused-ring (bicyclic) bond motifs is 3. The molecule has 6 heteroatoms. The van der Waals surface area contributed by atoms with Gasteiger partial charge in [-0.05, 0) is 41.3 Å². The van der Waals surface area contributed by atoms with Gasteiger partial charge >= 0.3 is 6.09 Å². The van der Waals surface area contributed by atoms with Crippen LogP contribution in [0.1, 0.15) is 29.0 Å². The van der Waals surface area contributed by atoms with Gasteiger partial charge in [0.2, 0.25) is 5.91 Å². The molecule has 2 amide bonds. The number of amides is 2. The second kappa shape index (κ2) is 9.66. The second-order valence-electron chi connectivity index (χ2n) is 7.75. The van der Waals surface area contributed by atoms with Crippen LogP contribution in [0.2, 0.25) is 0 Å². The number of hydrogen-bond donors (Lipinski definition) is 1. The van der Waals surface area contributed by atoms with E-state index in [-0.39, 0.29) is 31.4 Å². The summed E-state index contributed by atoms with van der Waals surface area (Å²) in [5.41, 5.74) is 6.45. The van der Waals surface area contributed by atoms with Crippen molar-refractivity contribution in [3.8, 4) is 11.1 Å². The van der Waals surface area contributed by atoms with E-state index in [9.17, 15) is 9.59 Å². The van der Waals surface area contributed by atoms with E-state index in [0.717, 1.165) is 21.8 Å². The summed E-state index contributed by atoms with van der Waals surface area (Å²) < 4.78 is 5.59. The number of hydroxylamine groups is 2. The van der Waals surface area contributed by atoms with Crippen molar-refractivity contribution < 1.29 is 19.2 Å². The molecule has 0 fully saturated rings. The lowest BCUT2D eigenvalue weighted by Crippen LogP contribution is -2.34. The fourth-order valence-electron chi connectivity index (χ4n) is 3.99. The van der Waals surface area contributed by atoms with Crippen LogP contribution in [0.25, 0.3) is 11.1 Å². The first-order valence-electron chi connectivity index (χ1n) is 10.6. The number of anilines is 1. The van der Waals surface area contributed by atoms with E-state index in [2.05, 4.69) is 29.6 Å². The zero-order valence-corrected chi connectivity index (χ0v) is 18.2. The number of carbonyl (C=O) groups excluding carboxylic acids is 2. The van der Waals surface area contributed by atoms with Crippen molar-refractivity contribution in [2.24, 2.45) is 0 Å². The molecule has 0 spiro atoms. The van der Waals surface area contributed by atoms with Crippen molar-refractivity contribution in [2.75, 3.05) is 25.6 Å². The molecular weight excluding hydrogens is 404 g/mol. The lowest BCUT2D eigenvalue weighted by atomic mass is 9.98. The molecule has 164 valence electrons. The molecular formula is C26H26N2O4. The summed E-state index contributed by atoms with van der Waals surface area (Å²) in [6.45, 7) is 2.27. The first-order chi connectivity index (χ1) is 15.6. The van der Waals surface area contributed by atoms with Gasteiger partial charge < -0.3 is 10.1 Å². The van der Waals surface area contributed by atoms with Crippen LogP contribution >= 0.6 is 0 Å². The standard InChI is InChI=1S/C26H26N2O4/c1-18-11-13-19(14-12-18)27-25(29)15-16-28(31-2)26(30)32-17-24-22-9-5-3-7-20(22)21-8-4-6-10-23(21)24/h3-14,24H,15-17H2,1-2H3,(H,27,29). The highest BCUT2D eigenvalue weighted by molar-refractivity contribution is 5.91. The molecule has 32 heavy (non-hydrogen) atoms. The molecule has 0 saturated heterocycles. The van der Waals surface area contributed by atoms with E-state index >= 15 is 0 Å². The van der Waals surface area contributed by atoms with Gasteiger partial charge in [0.25, 0.3) is 0 Å². The Balaban J connectivity index is 1.34. The Morgan fingerprint density at radius 2 is 1.50 bits per heavy atom. The number of hydrogen-bond acceptors (Lipinski definition) is 4. The van der Waals surface area contributed by atoms with E-state index in [1.165, 1.54) is 18.2 Å². The van der Waals surface area contributed by atoms with E-state index in [1.54, 1.807) is 0 Å². The summed E-state index contributed by atoms with van der Waals surface area (Å²) in [6.07, 6.45) is -0.524. The number of carbonyl (C=O) groups is 2. The monoisotopic (exact) mass is 430 g/mol. The zero-order valence-electron chi connectivity index (χ0n) is 18.2.